The Kier molecular flexibility index (Phi) is 4.02. The molecule has 0 radical (unpaired) electrons. The van der Waals surface area contributed by atoms with E-state index in [0.717, 1.165) is 5.56 Å². The normalized spacial score (nSPS) is 19.3. The largest absolute Gasteiger partial charge is 0.439 e. The highest BCUT2D eigenvalue weighted by Gasteiger charge is 2.33. The summed E-state index contributed by atoms with van der Waals surface area (Å²) in [5.74, 6) is 5.17. The molecule has 2 aromatic rings. The number of pyridine rings is 2. The lowest BCUT2D eigenvalue weighted by molar-refractivity contribution is 0.153. The van der Waals surface area contributed by atoms with Crippen molar-refractivity contribution in [1.29, 1.82) is 0 Å². The van der Waals surface area contributed by atoms with E-state index >= 15 is 0 Å². The molecular weight excluding hydrogens is 297 g/mol. The second kappa shape index (κ2) is 6.28. The van der Waals surface area contributed by atoms with E-state index in [1.165, 1.54) is 12.3 Å². The van der Waals surface area contributed by atoms with Gasteiger partial charge in [0.15, 0.2) is 0 Å². The van der Waals surface area contributed by atoms with Crippen LogP contribution in [0.5, 0.6) is 0 Å². The molecule has 1 N–H and O–H groups in total. The van der Waals surface area contributed by atoms with Crippen molar-refractivity contribution in [2.45, 2.75) is 12.1 Å². The molecule has 0 saturated carbocycles. The third-order valence-electron chi connectivity index (χ3n) is 3.27. The number of carbonyl (C=O) groups is 1. The van der Waals surface area contributed by atoms with Gasteiger partial charge in [0.05, 0.1) is 6.04 Å². The van der Waals surface area contributed by atoms with E-state index in [2.05, 4.69) is 33.7 Å². The number of amides is 1. The molecule has 1 fully saturated rings. The summed E-state index contributed by atoms with van der Waals surface area (Å²) in [6, 6.07) is 4.32. The van der Waals surface area contributed by atoms with Crippen LogP contribution in [0.2, 0.25) is 0 Å². The van der Waals surface area contributed by atoms with Gasteiger partial charge in [-0.15, -0.1) is 0 Å². The number of ether oxygens (including phenoxy) is 1. The maximum absolute atomic E-state index is 13.0. The first-order valence-corrected chi connectivity index (χ1v) is 6.84. The Bertz CT molecular complexity index is 826. The average molecular weight is 309 g/mol. The third-order valence-corrected chi connectivity index (χ3v) is 3.27. The van der Waals surface area contributed by atoms with Crippen LogP contribution in [0, 0.1) is 17.8 Å². The van der Waals surface area contributed by atoms with Gasteiger partial charge in [0.25, 0.3) is 0 Å². The molecule has 0 spiro atoms. The Balaban J connectivity index is 1.86. The minimum absolute atomic E-state index is 0.354. The van der Waals surface area contributed by atoms with Crippen LogP contribution in [0.15, 0.2) is 49.4 Å². The molecule has 0 bridgehead atoms. The minimum Gasteiger partial charge on any atom is -0.439 e. The van der Waals surface area contributed by atoms with Crippen molar-refractivity contribution in [3.05, 3.63) is 72.1 Å². The summed E-state index contributed by atoms with van der Waals surface area (Å²) in [6.07, 6.45) is 5.18. The zero-order valence-electron chi connectivity index (χ0n) is 12.0. The predicted octanol–water partition coefficient (Wildman–Crippen LogP) is 2.35. The highest BCUT2D eigenvalue weighted by atomic mass is 19.1. The van der Waals surface area contributed by atoms with Gasteiger partial charge in [0, 0.05) is 35.8 Å². The van der Waals surface area contributed by atoms with E-state index in [9.17, 15) is 9.18 Å². The fourth-order valence-electron chi connectivity index (χ4n) is 2.21. The smallest absolute Gasteiger partial charge is 0.408 e. The van der Waals surface area contributed by atoms with Gasteiger partial charge in [-0.1, -0.05) is 18.4 Å². The van der Waals surface area contributed by atoms with Crippen LogP contribution in [-0.4, -0.2) is 22.2 Å². The molecular formula is C17H12FN3O2. The number of hydrogen-bond donors (Lipinski definition) is 1. The summed E-state index contributed by atoms with van der Waals surface area (Å²) in [4.78, 5) is 19.0. The Morgan fingerprint density at radius 3 is 2.91 bits per heavy atom. The molecule has 0 aliphatic carbocycles. The highest BCUT2D eigenvalue weighted by Crippen LogP contribution is 2.25. The van der Waals surface area contributed by atoms with Crippen molar-refractivity contribution in [2.75, 3.05) is 0 Å². The van der Waals surface area contributed by atoms with Crippen molar-refractivity contribution in [3.8, 4) is 11.8 Å². The van der Waals surface area contributed by atoms with Gasteiger partial charge in [-0.2, -0.15) is 4.39 Å². The molecule has 2 unspecified atom stereocenters. The van der Waals surface area contributed by atoms with Crippen molar-refractivity contribution < 1.29 is 13.9 Å². The molecule has 114 valence electrons. The van der Waals surface area contributed by atoms with Crippen molar-refractivity contribution in [2.24, 2.45) is 0 Å². The van der Waals surface area contributed by atoms with Crippen LogP contribution >= 0.6 is 0 Å². The number of rotatable bonds is 2. The lowest BCUT2D eigenvalue weighted by atomic mass is 10.0. The van der Waals surface area contributed by atoms with Crippen molar-refractivity contribution in [3.63, 3.8) is 0 Å². The second-order valence-corrected chi connectivity index (χ2v) is 4.85. The Morgan fingerprint density at radius 2 is 2.13 bits per heavy atom. The van der Waals surface area contributed by atoms with Gasteiger partial charge in [0.1, 0.15) is 6.10 Å². The first-order valence-electron chi connectivity index (χ1n) is 6.84. The molecule has 2 aromatic heterocycles. The lowest BCUT2D eigenvalue weighted by Gasteiger charge is -2.13. The Labute approximate surface area is 132 Å². The summed E-state index contributed by atoms with van der Waals surface area (Å²) >= 11 is 0. The van der Waals surface area contributed by atoms with Gasteiger partial charge in [0.2, 0.25) is 5.95 Å². The van der Waals surface area contributed by atoms with E-state index in [0.29, 0.717) is 11.1 Å². The zero-order valence-corrected chi connectivity index (χ0v) is 12.0. The van der Waals surface area contributed by atoms with Gasteiger partial charge in [-0.25, -0.2) is 9.78 Å². The molecule has 6 heteroatoms. The van der Waals surface area contributed by atoms with Crippen LogP contribution in [0.4, 0.5) is 9.18 Å². The molecule has 1 amide bonds. The fraction of sp³-hybridized carbons (Fsp3) is 0.118. The molecule has 1 aliphatic heterocycles. The average Bonchev–Trinajstić information content (AvgIpc) is 2.94. The second-order valence-electron chi connectivity index (χ2n) is 4.85. The van der Waals surface area contributed by atoms with Crippen molar-refractivity contribution >= 4 is 6.09 Å². The minimum atomic E-state index is -0.580. The van der Waals surface area contributed by atoms with Gasteiger partial charge in [-0.05, 0) is 23.8 Å². The van der Waals surface area contributed by atoms with Crippen LogP contribution < -0.4 is 5.32 Å². The molecule has 3 heterocycles. The molecule has 3 rings (SSSR count). The maximum Gasteiger partial charge on any atom is 0.408 e. The fourth-order valence-corrected chi connectivity index (χ4v) is 2.21. The number of hydrogen-bond acceptors (Lipinski definition) is 4. The van der Waals surface area contributed by atoms with E-state index in [1.54, 1.807) is 30.6 Å². The van der Waals surface area contributed by atoms with E-state index < -0.39 is 18.1 Å². The lowest BCUT2D eigenvalue weighted by Crippen LogP contribution is -2.21. The predicted molar refractivity (Wildman–Crippen MR) is 80.8 cm³/mol. The standard InChI is InChI=1S/C17H12FN3O2/c1-2-14-16(21-17(22)23-14)13-7-12(9-19-10-13)4-3-11-5-6-20-15(18)8-11/h2,5-10,14,16H,1H2,(H,21,22). The molecule has 2 atom stereocenters. The molecule has 1 saturated heterocycles. The SMILES string of the molecule is C=CC1OC(=O)NC1c1cncc(C#Cc2ccnc(F)c2)c1. The first kappa shape index (κ1) is 14.7. The number of carbonyl (C=O) groups excluding carboxylic acids is 1. The number of halogens is 1. The van der Waals surface area contributed by atoms with Crippen molar-refractivity contribution in [1.82, 2.24) is 15.3 Å². The van der Waals surface area contributed by atoms with Crippen LogP contribution in [0.1, 0.15) is 22.7 Å². The first-order chi connectivity index (χ1) is 11.2. The summed E-state index contributed by atoms with van der Waals surface area (Å²) in [7, 11) is 0. The summed E-state index contributed by atoms with van der Waals surface area (Å²) in [6.45, 7) is 3.65. The van der Waals surface area contributed by atoms with Crippen LogP contribution in [0.25, 0.3) is 0 Å². The van der Waals surface area contributed by atoms with E-state index in [-0.39, 0.29) is 6.04 Å². The monoisotopic (exact) mass is 309 g/mol. The third kappa shape index (κ3) is 3.35. The van der Waals surface area contributed by atoms with Crippen LogP contribution in [0.3, 0.4) is 0 Å². The number of nitrogens with zero attached hydrogens (tertiary/aromatic N) is 2. The highest BCUT2D eigenvalue weighted by molar-refractivity contribution is 5.71. The molecule has 5 nitrogen and oxygen atoms in total. The molecule has 0 aromatic carbocycles. The zero-order chi connectivity index (χ0) is 16.2. The summed E-state index contributed by atoms with van der Waals surface area (Å²) < 4.78 is 18.1. The van der Waals surface area contributed by atoms with Gasteiger partial charge >= 0.3 is 6.09 Å². The number of nitrogens with one attached hydrogen (secondary N) is 1. The molecule has 23 heavy (non-hydrogen) atoms. The van der Waals surface area contributed by atoms with E-state index in [1.807, 2.05) is 0 Å². The van der Waals surface area contributed by atoms with Crippen LogP contribution in [-0.2, 0) is 4.74 Å². The topological polar surface area (TPSA) is 64.1 Å². The van der Waals surface area contributed by atoms with Gasteiger partial charge < -0.3 is 10.1 Å². The quantitative estimate of drug-likeness (QED) is 0.525. The number of aromatic nitrogens is 2. The maximum atomic E-state index is 13.0. The summed E-state index contributed by atoms with van der Waals surface area (Å²) in [5, 5.41) is 2.70. The number of cyclic esters (lactones) is 1. The van der Waals surface area contributed by atoms with E-state index in [4.69, 9.17) is 4.74 Å². The molecule has 1 aliphatic rings. The Hall–Kier alpha value is -3.20. The summed E-state index contributed by atoms with van der Waals surface area (Å²) in [5.41, 5.74) is 1.92. The number of alkyl carbamates (subject to hydrolysis) is 1. The van der Waals surface area contributed by atoms with Gasteiger partial charge in [-0.3, -0.25) is 4.98 Å². The Morgan fingerprint density at radius 1 is 1.30 bits per heavy atom.